The molecule has 1 amide bonds. The molecule has 6 heteroatoms. The van der Waals surface area contributed by atoms with E-state index >= 15 is 0 Å². The third-order valence-corrected chi connectivity index (χ3v) is 2.10. The maximum Gasteiger partial charge on any atom is 0.405 e. The van der Waals surface area contributed by atoms with Crippen LogP contribution in [0.25, 0.3) is 0 Å². The van der Waals surface area contributed by atoms with Crippen LogP contribution in [-0.4, -0.2) is 24.7 Å². The van der Waals surface area contributed by atoms with Crippen LogP contribution in [0.3, 0.4) is 0 Å². The van der Waals surface area contributed by atoms with Crippen molar-refractivity contribution < 1.29 is 18.0 Å². The van der Waals surface area contributed by atoms with Crippen LogP contribution in [0.15, 0.2) is 30.3 Å². The molecule has 0 bridgehead atoms. The highest BCUT2D eigenvalue weighted by Crippen LogP contribution is 2.12. The van der Waals surface area contributed by atoms with Gasteiger partial charge in [0.05, 0.1) is 6.04 Å². The normalized spacial score (nSPS) is 13.2. The maximum absolute atomic E-state index is 11.9. The molecule has 0 radical (unpaired) electrons. The zero-order chi connectivity index (χ0) is 12.9. The number of nitrogens with one attached hydrogen (secondary N) is 1. The average molecular weight is 246 g/mol. The Morgan fingerprint density at radius 1 is 1.29 bits per heavy atom. The smallest absolute Gasteiger partial charge is 0.346 e. The van der Waals surface area contributed by atoms with E-state index in [4.69, 9.17) is 5.73 Å². The largest absolute Gasteiger partial charge is 0.405 e. The maximum atomic E-state index is 11.9. The average Bonchev–Trinajstić information content (AvgIpc) is 2.26. The lowest BCUT2D eigenvalue weighted by Gasteiger charge is -2.13. The predicted molar refractivity (Wildman–Crippen MR) is 57.2 cm³/mol. The fourth-order valence-corrected chi connectivity index (χ4v) is 1.28. The number of hydrogen-bond acceptors (Lipinski definition) is 2. The second-order valence-electron chi connectivity index (χ2n) is 3.63. The summed E-state index contributed by atoms with van der Waals surface area (Å²) in [4.78, 5) is 11.3. The van der Waals surface area contributed by atoms with Crippen molar-refractivity contribution in [3.8, 4) is 0 Å². The van der Waals surface area contributed by atoms with Crippen LogP contribution in [0.5, 0.6) is 0 Å². The number of hydrogen-bond donors (Lipinski definition) is 2. The van der Waals surface area contributed by atoms with Gasteiger partial charge in [0, 0.05) is 0 Å². The third kappa shape index (κ3) is 5.35. The van der Waals surface area contributed by atoms with Crippen LogP contribution >= 0.6 is 0 Å². The molecule has 0 aromatic heterocycles. The first-order valence-electron chi connectivity index (χ1n) is 5.02. The Morgan fingerprint density at radius 3 is 2.41 bits per heavy atom. The molecule has 0 aliphatic carbocycles. The van der Waals surface area contributed by atoms with Gasteiger partial charge in [-0.05, 0) is 12.0 Å². The third-order valence-electron chi connectivity index (χ3n) is 2.10. The highest BCUT2D eigenvalue weighted by molar-refractivity contribution is 5.81. The van der Waals surface area contributed by atoms with E-state index in [1.165, 1.54) is 0 Å². The van der Waals surface area contributed by atoms with Gasteiger partial charge in [-0.2, -0.15) is 13.2 Å². The molecule has 0 fully saturated rings. The van der Waals surface area contributed by atoms with E-state index in [0.717, 1.165) is 5.56 Å². The fourth-order valence-electron chi connectivity index (χ4n) is 1.28. The molecule has 3 nitrogen and oxygen atoms in total. The number of halogens is 3. The van der Waals surface area contributed by atoms with Gasteiger partial charge in [-0.1, -0.05) is 30.3 Å². The van der Waals surface area contributed by atoms with Crippen molar-refractivity contribution in [1.82, 2.24) is 5.32 Å². The predicted octanol–water partition coefficient (Wildman–Crippen LogP) is 1.23. The molecule has 1 aromatic rings. The van der Waals surface area contributed by atoms with Gasteiger partial charge < -0.3 is 11.1 Å². The highest BCUT2D eigenvalue weighted by atomic mass is 19.4. The Hall–Kier alpha value is -1.56. The molecular weight excluding hydrogens is 233 g/mol. The van der Waals surface area contributed by atoms with Gasteiger partial charge in [-0.15, -0.1) is 0 Å². The number of alkyl halides is 3. The molecular formula is C11H13F3N2O. The van der Waals surface area contributed by atoms with Crippen LogP contribution in [0, 0.1) is 0 Å². The molecule has 1 atom stereocenters. The summed E-state index contributed by atoms with van der Waals surface area (Å²) in [6.07, 6.45) is -4.20. The van der Waals surface area contributed by atoms with E-state index in [0.29, 0.717) is 0 Å². The standard InChI is InChI=1S/C11H13F3N2O/c12-11(13,14)7-16-10(17)9(15)6-8-4-2-1-3-5-8/h1-5,9H,6-7,15H2,(H,16,17)/t9-/m1/s1. The topological polar surface area (TPSA) is 55.1 Å². The molecule has 0 saturated carbocycles. The number of nitrogens with two attached hydrogens (primary N) is 1. The van der Waals surface area contributed by atoms with Crippen LogP contribution in [0.2, 0.25) is 0 Å². The molecule has 3 N–H and O–H groups in total. The van der Waals surface area contributed by atoms with Crippen molar-refractivity contribution in [3.05, 3.63) is 35.9 Å². The van der Waals surface area contributed by atoms with Crippen molar-refractivity contribution in [1.29, 1.82) is 0 Å². The fraction of sp³-hybridized carbons (Fsp3) is 0.364. The monoisotopic (exact) mass is 246 g/mol. The lowest BCUT2D eigenvalue weighted by Crippen LogP contribution is -2.45. The summed E-state index contributed by atoms with van der Waals surface area (Å²) in [6.45, 7) is -1.35. The van der Waals surface area contributed by atoms with E-state index in [1.54, 1.807) is 35.6 Å². The van der Waals surface area contributed by atoms with Gasteiger partial charge >= 0.3 is 6.18 Å². The lowest BCUT2D eigenvalue weighted by atomic mass is 10.1. The first-order valence-corrected chi connectivity index (χ1v) is 5.02. The molecule has 0 heterocycles. The summed E-state index contributed by atoms with van der Waals surface area (Å²) in [7, 11) is 0. The van der Waals surface area contributed by atoms with Crippen molar-refractivity contribution >= 4 is 5.91 Å². The van der Waals surface area contributed by atoms with E-state index in [-0.39, 0.29) is 6.42 Å². The van der Waals surface area contributed by atoms with Gasteiger partial charge in [0.2, 0.25) is 5.91 Å². The first-order chi connectivity index (χ1) is 7.88. The first kappa shape index (κ1) is 13.5. The number of benzene rings is 1. The van der Waals surface area contributed by atoms with E-state index in [1.807, 2.05) is 0 Å². The van der Waals surface area contributed by atoms with Crippen molar-refractivity contribution in [2.45, 2.75) is 18.6 Å². The molecule has 0 unspecified atom stereocenters. The lowest BCUT2D eigenvalue weighted by molar-refractivity contribution is -0.139. The number of carbonyl (C=O) groups is 1. The van der Waals surface area contributed by atoms with Crippen molar-refractivity contribution in [3.63, 3.8) is 0 Å². The second kappa shape index (κ2) is 5.67. The molecule has 1 rings (SSSR count). The summed E-state index contributed by atoms with van der Waals surface area (Å²) < 4.78 is 35.6. The Balaban J connectivity index is 2.43. The molecule has 94 valence electrons. The number of carbonyl (C=O) groups excluding carboxylic acids is 1. The molecule has 1 aromatic carbocycles. The zero-order valence-electron chi connectivity index (χ0n) is 9.00. The van der Waals surface area contributed by atoms with Crippen LogP contribution in [0.4, 0.5) is 13.2 Å². The summed E-state index contributed by atoms with van der Waals surface area (Å²) in [5.41, 5.74) is 6.31. The van der Waals surface area contributed by atoms with Gasteiger partial charge in [-0.3, -0.25) is 4.79 Å². The number of rotatable bonds is 4. The summed E-state index contributed by atoms with van der Waals surface area (Å²) in [6, 6.07) is 7.90. The molecule has 0 spiro atoms. The quantitative estimate of drug-likeness (QED) is 0.839. The summed E-state index contributed by atoms with van der Waals surface area (Å²) in [5, 5.41) is 1.75. The van der Waals surface area contributed by atoms with E-state index in [9.17, 15) is 18.0 Å². The molecule has 0 aliphatic heterocycles. The Morgan fingerprint density at radius 2 is 1.88 bits per heavy atom. The van der Waals surface area contributed by atoms with E-state index in [2.05, 4.69) is 0 Å². The minimum absolute atomic E-state index is 0.213. The Labute approximate surface area is 96.8 Å². The van der Waals surface area contributed by atoms with Crippen LogP contribution < -0.4 is 11.1 Å². The molecule has 17 heavy (non-hydrogen) atoms. The second-order valence-corrected chi connectivity index (χ2v) is 3.63. The van der Waals surface area contributed by atoms with Crippen LogP contribution in [-0.2, 0) is 11.2 Å². The van der Waals surface area contributed by atoms with Crippen molar-refractivity contribution in [2.75, 3.05) is 6.54 Å². The molecule has 0 saturated heterocycles. The summed E-state index contributed by atoms with van der Waals surface area (Å²) >= 11 is 0. The van der Waals surface area contributed by atoms with Gasteiger partial charge in [0.1, 0.15) is 6.54 Å². The summed E-state index contributed by atoms with van der Waals surface area (Å²) in [5.74, 6) is -0.800. The van der Waals surface area contributed by atoms with Gasteiger partial charge in [0.15, 0.2) is 0 Å². The Kier molecular flexibility index (Phi) is 4.51. The van der Waals surface area contributed by atoms with Crippen molar-refractivity contribution in [2.24, 2.45) is 5.73 Å². The molecule has 0 aliphatic rings. The van der Waals surface area contributed by atoms with Gasteiger partial charge in [-0.25, -0.2) is 0 Å². The van der Waals surface area contributed by atoms with Gasteiger partial charge in [0.25, 0.3) is 0 Å². The zero-order valence-corrected chi connectivity index (χ0v) is 9.00. The minimum atomic E-state index is -4.41. The van der Waals surface area contributed by atoms with E-state index < -0.39 is 24.7 Å². The number of amides is 1. The Bertz CT molecular complexity index is 365. The minimum Gasteiger partial charge on any atom is -0.346 e. The highest BCUT2D eigenvalue weighted by Gasteiger charge is 2.28. The SMILES string of the molecule is N[C@H](Cc1ccccc1)C(=O)NCC(F)(F)F. The van der Waals surface area contributed by atoms with Crippen LogP contribution in [0.1, 0.15) is 5.56 Å².